The van der Waals surface area contributed by atoms with Gasteiger partial charge in [-0.3, -0.25) is 4.98 Å². The van der Waals surface area contributed by atoms with Crippen molar-refractivity contribution in [2.24, 2.45) is 0 Å². The second kappa shape index (κ2) is 8.27. The lowest BCUT2D eigenvalue weighted by Gasteiger charge is -2.29. The molecule has 8 heteroatoms. The Morgan fingerprint density at radius 1 is 1.09 bits per heavy atom. The second-order valence-corrected chi connectivity index (χ2v) is 7.74. The quantitative estimate of drug-likeness (QED) is 0.521. The van der Waals surface area contributed by atoms with E-state index in [-0.39, 0.29) is 23.0 Å². The second-order valence-electron chi connectivity index (χ2n) is 7.74. The van der Waals surface area contributed by atoms with Crippen LogP contribution >= 0.6 is 0 Å². The van der Waals surface area contributed by atoms with E-state index in [2.05, 4.69) is 25.2 Å². The molecule has 164 valence electrons. The highest BCUT2D eigenvalue weighted by Gasteiger charge is 2.23. The van der Waals surface area contributed by atoms with E-state index in [1.54, 1.807) is 18.3 Å². The molecule has 0 radical (unpaired) electrons. The zero-order valence-corrected chi connectivity index (χ0v) is 18.0. The number of aryl methyl sites for hydroxylation is 1. The number of fused-ring (bicyclic) bond motifs is 2. The topological polar surface area (TPSA) is 63.2 Å². The lowest BCUT2D eigenvalue weighted by molar-refractivity contribution is 0.381. The van der Waals surface area contributed by atoms with E-state index >= 15 is 4.39 Å². The molecule has 5 rings (SSSR count). The monoisotopic (exact) mass is 435 g/mol. The first-order valence-electron chi connectivity index (χ1n) is 10.7. The van der Waals surface area contributed by atoms with Gasteiger partial charge in [-0.15, -0.1) is 0 Å². The molecule has 0 bridgehead atoms. The summed E-state index contributed by atoms with van der Waals surface area (Å²) in [4.78, 5) is 15.4. The third-order valence-electron chi connectivity index (χ3n) is 5.95. The first kappa shape index (κ1) is 20.5. The standard InChI is InChI=1S/C24H23F2N5O/c1-3-15-18(25)8-7-14-5-4-6-16(19(14)15)21-20(26)22-17(13-28-21)23(30-24(29-22)32-2)31-11-9-27-10-12-31/h4-8,13,27H,3,9-12H2,1-2H3. The molecular weight excluding hydrogens is 412 g/mol. The summed E-state index contributed by atoms with van der Waals surface area (Å²) in [6.45, 7) is 4.98. The first-order valence-corrected chi connectivity index (χ1v) is 10.7. The largest absolute Gasteiger partial charge is 0.467 e. The number of pyridine rings is 1. The fourth-order valence-corrected chi connectivity index (χ4v) is 4.39. The Bertz CT molecular complexity index is 1320. The minimum absolute atomic E-state index is 0.0975. The maximum absolute atomic E-state index is 15.9. The number of nitrogens with one attached hydrogen (secondary N) is 1. The predicted octanol–water partition coefficient (Wildman–Crippen LogP) is 4.10. The van der Waals surface area contributed by atoms with Crippen LogP contribution in [0.3, 0.4) is 0 Å². The number of piperazine rings is 1. The van der Waals surface area contributed by atoms with Crippen LogP contribution in [0.4, 0.5) is 14.6 Å². The molecule has 1 N–H and O–H groups in total. The van der Waals surface area contributed by atoms with Crippen LogP contribution in [0.25, 0.3) is 32.9 Å². The minimum atomic E-state index is -0.571. The van der Waals surface area contributed by atoms with Gasteiger partial charge in [0.25, 0.3) is 0 Å². The number of hydrogen-bond donors (Lipinski definition) is 1. The highest BCUT2D eigenvalue weighted by Crippen LogP contribution is 2.36. The van der Waals surface area contributed by atoms with Crippen LogP contribution in [0.1, 0.15) is 12.5 Å². The normalized spacial score (nSPS) is 14.3. The van der Waals surface area contributed by atoms with E-state index in [4.69, 9.17) is 4.74 Å². The summed E-state index contributed by atoms with van der Waals surface area (Å²) in [6.07, 6.45) is 2.09. The number of anilines is 1. The van der Waals surface area contributed by atoms with Gasteiger partial charge in [0.15, 0.2) is 5.82 Å². The lowest BCUT2D eigenvalue weighted by atomic mass is 9.95. The highest BCUT2D eigenvalue weighted by molar-refractivity contribution is 6.00. The number of rotatable bonds is 4. The van der Waals surface area contributed by atoms with Crippen molar-refractivity contribution in [2.45, 2.75) is 13.3 Å². The maximum Gasteiger partial charge on any atom is 0.318 e. The fourth-order valence-electron chi connectivity index (χ4n) is 4.39. The van der Waals surface area contributed by atoms with Gasteiger partial charge in [0.1, 0.15) is 22.8 Å². The van der Waals surface area contributed by atoms with E-state index in [1.165, 1.54) is 13.2 Å². The Morgan fingerprint density at radius 3 is 2.66 bits per heavy atom. The Kier molecular flexibility index (Phi) is 5.30. The molecule has 2 aromatic heterocycles. The van der Waals surface area contributed by atoms with Gasteiger partial charge in [-0.25, -0.2) is 8.78 Å². The van der Waals surface area contributed by atoms with Gasteiger partial charge >= 0.3 is 6.01 Å². The Balaban J connectivity index is 1.77. The minimum Gasteiger partial charge on any atom is -0.467 e. The maximum atomic E-state index is 15.9. The zero-order chi connectivity index (χ0) is 22.2. The van der Waals surface area contributed by atoms with E-state index in [9.17, 15) is 4.39 Å². The molecule has 0 unspecified atom stereocenters. The number of halogens is 2. The zero-order valence-electron chi connectivity index (χ0n) is 18.0. The molecule has 4 aromatic rings. The van der Waals surface area contributed by atoms with Crippen molar-refractivity contribution in [2.75, 3.05) is 38.2 Å². The summed E-state index contributed by atoms with van der Waals surface area (Å²) in [7, 11) is 1.46. The molecular formula is C24H23F2N5O. The van der Waals surface area contributed by atoms with Crippen molar-refractivity contribution in [3.63, 3.8) is 0 Å². The van der Waals surface area contributed by atoms with Crippen LogP contribution in [0, 0.1) is 11.6 Å². The van der Waals surface area contributed by atoms with E-state index < -0.39 is 5.82 Å². The van der Waals surface area contributed by atoms with Gasteiger partial charge in [0.2, 0.25) is 0 Å². The lowest BCUT2D eigenvalue weighted by Crippen LogP contribution is -2.44. The summed E-state index contributed by atoms with van der Waals surface area (Å²) in [6, 6.07) is 8.75. The molecule has 2 aromatic carbocycles. The SMILES string of the molecule is CCc1c(F)ccc2cccc(-c3ncc4c(N5CCNCC5)nc(OC)nc4c3F)c12. The Hall–Kier alpha value is -3.39. The van der Waals surface area contributed by atoms with Crippen molar-refractivity contribution in [3.05, 3.63) is 53.7 Å². The van der Waals surface area contributed by atoms with Crippen molar-refractivity contribution in [1.29, 1.82) is 0 Å². The van der Waals surface area contributed by atoms with Crippen LogP contribution < -0.4 is 15.0 Å². The first-order chi connectivity index (χ1) is 15.6. The Labute approximate surface area is 184 Å². The third kappa shape index (κ3) is 3.31. The van der Waals surface area contributed by atoms with Crippen molar-refractivity contribution in [1.82, 2.24) is 20.3 Å². The third-order valence-corrected chi connectivity index (χ3v) is 5.95. The van der Waals surface area contributed by atoms with Crippen molar-refractivity contribution >= 4 is 27.5 Å². The van der Waals surface area contributed by atoms with Gasteiger partial charge in [-0.2, -0.15) is 9.97 Å². The summed E-state index contributed by atoms with van der Waals surface area (Å²) in [5.41, 5.74) is 1.36. The molecule has 1 aliphatic rings. The van der Waals surface area contributed by atoms with Crippen LogP contribution in [0.2, 0.25) is 0 Å². The van der Waals surface area contributed by atoms with E-state index in [1.807, 2.05) is 19.1 Å². The molecule has 1 saturated heterocycles. The summed E-state index contributed by atoms with van der Waals surface area (Å²) in [5, 5.41) is 5.33. The average molecular weight is 435 g/mol. The smallest absolute Gasteiger partial charge is 0.318 e. The molecule has 0 spiro atoms. The molecule has 1 aliphatic heterocycles. The summed E-state index contributed by atoms with van der Waals surface area (Å²) < 4.78 is 35.8. The van der Waals surface area contributed by atoms with Gasteiger partial charge in [0, 0.05) is 37.9 Å². The number of ether oxygens (including phenoxy) is 1. The molecule has 6 nitrogen and oxygen atoms in total. The summed E-state index contributed by atoms with van der Waals surface area (Å²) >= 11 is 0. The van der Waals surface area contributed by atoms with Gasteiger partial charge in [0.05, 0.1) is 12.5 Å². The van der Waals surface area contributed by atoms with Gasteiger partial charge < -0.3 is 15.0 Å². The number of hydrogen-bond acceptors (Lipinski definition) is 6. The Morgan fingerprint density at radius 2 is 1.91 bits per heavy atom. The number of methoxy groups -OCH3 is 1. The molecule has 3 heterocycles. The average Bonchev–Trinajstić information content (AvgIpc) is 2.84. The molecule has 0 aliphatic carbocycles. The molecule has 32 heavy (non-hydrogen) atoms. The van der Waals surface area contributed by atoms with Crippen molar-refractivity contribution < 1.29 is 13.5 Å². The fraction of sp³-hybridized carbons (Fsp3) is 0.292. The van der Waals surface area contributed by atoms with Crippen LogP contribution in [-0.2, 0) is 6.42 Å². The molecule has 0 amide bonds. The predicted molar refractivity (Wildman–Crippen MR) is 121 cm³/mol. The van der Waals surface area contributed by atoms with Crippen molar-refractivity contribution in [3.8, 4) is 17.3 Å². The van der Waals surface area contributed by atoms with Crippen LogP contribution in [-0.4, -0.2) is 48.2 Å². The summed E-state index contributed by atoms with van der Waals surface area (Å²) in [5.74, 6) is -0.276. The van der Waals surface area contributed by atoms with Crippen LogP contribution in [0.5, 0.6) is 6.01 Å². The molecule has 0 saturated carbocycles. The molecule has 1 fully saturated rings. The number of nitrogens with zero attached hydrogens (tertiary/aromatic N) is 4. The number of aromatic nitrogens is 3. The van der Waals surface area contributed by atoms with Gasteiger partial charge in [-0.05, 0) is 28.8 Å². The highest BCUT2D eigenvalue weighted by atomic mass is 19.1. The van der Waals surface area contributed by atoms with Crippen LogP contribution in [0.15, 0.2) is 36.5 Å². The molecule has 0 atom stereocenters. The van der Waals surface area contributed by atoms with E-state index in [0.29, 0.717) is 34.1 Å². The van der Waals surface area contributed by atoms with E-state index in [0.717, 1.165) is 31.6 Å². The number of benzene rings is 2. The van der Waals surface area contributed by atoms with Gasteiger partial charge in [-0.1, -0.05) is 31.2 Å².